The number of sulfone groups is 1. The number of alkyl halides is 2. The number of anilines is 1. The Bertz CT molecular complexity index is 1020. The summed E-state index contributed by atoms with van der Waals surface area (Å²) in [5, 5.41) is 0. The Balaban J connectivity index is 1.75. The first-order valence-electron chi connectivity index (χ1n) is 9.17. The third-order valence-electron chi connectivity index (χ3n) is 4.94. The standard InChI is InChI=1S/C20H22F2N2O5S/c1-28-16-8-7-14(13-17(16)29-2)19(25)24-11-9-23(10-12-24)15-5-3-4-6-18(15)30(26,27)20(21)22/h3-8,13,20H,9-12H2,1-2H3. The van der Waals surface area contributed by atoms with Gasteiger partial charge in [0, 0.05) is 31.7 Å². The van der Waals surface area contributed by atoms with Crippen LogP contribution in [0.1, 0.15) is 10.4 Å². The van der Waals surface area contributed by atoms with E-state index in [1.54, 1.807) is 34.1 Å². The smallest absolute Gasteiger partial charge is 0.341 e. The molecule has 162 valence electrons. The minimum Gasteiger partial charge on any atom is -0.493 e. The summed E-state index contributed by atoms with van der Waals surface area (Å²) in [6.07, 6.45) is 0. The lowest BCUT2D eigenvalue weighted by atomic mass is 10.1. The Hall–Kier alpha value is -2.88. The van der Waals surface area contributed by atoms with E-state index in [9.17, 15) is 22.0 Å². The summed E-state index contributed by atoms with van der Waals surface area (Å²) < 4.78 is 60.5. The molecule has 1 saturated heterocycles. The number of halogens is 2. The molecule has 1 heterocycles. The van der Waals surface area contributed by atoms with E-state index in [0.717, 1.165) is 0 Å². The molecule has 0 aromatic heterocycles. The third-order valence-corrected chi connectivity index (χ3v) is 6.37. The van der Waals surface area contributed by atoms with Gasteiger partial charge in [-0.25, -0.2) is 8.42 Å². The summed E-state index contributed by atoms with van der Waals surface area (Å²) in [7, 11) is -1.74. The molecule has 2 aromatic rings. The van der Waals surface area contributed by atoms with Gasteiger partial charge in [-0.1, -0.05) is 12.1 Å². The predicted octanol–water partition coefficient (Wildman–Crippen LogP) is 2.66. The van der Waals surface area contributed by atoms with Gasteiger partial charge in [0.15, 0.2) is 11.5 Å². The summed E-state index contributed by atoms with van der Waals surface area (Å²) >= 11 is 0. The Labute approximate surface area is 173 Å². The Kier molecular flexibility index (Phi) is 6.45. The van der Waals surface area contributed by atoms with E-state index in [-0.39, 0.29) is 11.6 Å². The maximum absolute atomic E-state index is 13.0. The molecular weight excluding hydrogens is 418 g/mol. The second-order valence-corrected chi connectivity index (χ2v) is 8.51. The molecule has 0 bridgehead atoms. The van der Waals surface area contributed by atoms with Crippen LogP contribution in [0, 0.1) is 0 Å². The lowest BCUT2D eigenvalue weighted by Crippen LogP contribution is -2.49. The number of ether oxygens (including phenoxy) is 2. The molecule has 1 amide bonds. The largest absolute Gasteiger partial charge is 0.493 e. The molecule has 1 aliphatic rings. The SMILES string of the molecule is COc1ccc(C(=O)N2CCN(c3ccccc3S(=O)(=O)C(F)F)CC2)cc1OC. The van der Waals surface area contributed by atoms with Gasteiger partial charge >= 0.3 is 5.76 Å². The van der Waals surface area contributed by atoms with Gasteiger partial charge in [0.2, 0.25) is 9.84 Å². The van der Waals surface area contributed by atoms with Gasteiger partial charge in [-0.2, -0.15) is 8.78 Å². The number of amides is 1. The molecule has 0 aliphatic carbocycles. The minimum atomic E-state index is -4.73. The Morgan fingerprint density at radius 2 is 1.60 bits per heavy atom. The van der Waals surface area contributed by atoms with Gasteiger partial charge in [-0.15, -0.1) is 0 Å². The third kappa shape index (κ3) is 4.18. The van der Waals surface area contributed by atoms with Crippen molar-refractivity contribution in [1.82, 2.24) is 4.90 Å². The van der Waals surface area contributed by atoms with Crippen molar-refractivity contribution in [3.05, 3.63) is 48.0 Å². The van der Waals surface area contributed by atoms with Crippen molar-refractivity contribution in [2.24, 2.45) is 0 Å². The number of para-hydroxylation sites is 1. The number of hydrogen-bond acceptors (Lipinski definition) is 6. The molecule has 1 aliphatic heterocycles. The quantitative estimate of drug-likeness (QED) is 0.688. The van der Waals surface area contributed by atoms with Gasteiger partial charge in [-0.05, 0) is 30.3 Å². The summed E-state index contributed by atoms with van der Waals surface area (Å²) in [4.78, 5) is 15.8. The van der Waals surface area contributed by atoms with Crippen molar-refractivity contribution in [1.29, 1.82) is 0 Å². The van der Waals surface area contributed by atoms with Crippen molar-refractivity contribution in [2.75, 3.05) is 45.3 Å². The summed E-state index contributed by atoms with van der Waals surface area (Å²) in [6.45, 7) is 1.26. The summed E-state index contributed by atoms with van der Waals surface area (Å²) in [6, 6.07) is 10.6. The maximum atomic E-state index is 13.0. The van der Waals surface area contributed by atoms with Crippen LogP contribution in [0.15, 0.2) is 47.4 Å². The van der Waals surface area contributed by atoms with Gasteiger partial charge < -0.3 is 19.3 Å². The highest BCUT2D eigenvalue weighted by Crippen LogP contribution is 2.31. The van der Waals surface area contributed by atoms with Crippen LogP contribution >= 0.6 is 0 Å². The van der Waals surface area contributed by atoms with Crippen LogP contribution in [-0.2, 0) is 9.84 Å². The molecule has 0 atom stereocenters. The van der Waals surface area contributed by atoms with E-state index in [1.165, 1.54) is 32.4 Å². The molecule has 0 N–H and O–H groups in total. The maximum Gasteiger partial charge on any atom is 0.341 e. The number of methoxy groups -OCH3 is 2. The Morgan fingerprint density at radius 1 is 0.967 bits per heavy atom. The number of carbonyl (C=O) groups is 1. The highest BCUT2D eigenvalue weighted by Gasteiger charge is 2.32. The number of carbonyl (C=O) groups excluding carboxylic acids is 1. The molecule has 1 fully saturated rings. The summed E-state index contributed by atoms with van der Waals surface area (Å²) in [5.41, 5.74) is 0.651. The molecule has 0 saturated carbocycles. The second kappa shape index (κ2) is 8.86. The fraction of sp³-hybridized carbons (Fsp3) is 0.350. The number of piperazine rings is 1. The zero-order valence-electron chi connectivity index (χ0n) is 16.5. The van der Waals surface area contributed by atoms with Crippen molar-refractivity contribution in [3.8, 4) is 11.5 Å². The van der Waals surface area contributed by atoms with Crippen molar-refractivity contribution in [2.45, 2.75) is 10.7 Å². The lowest BCUT2D eigenvalue weighted by Gasteiger charge is -2.37. The highest BCUT2D eigenvalue weighted by atomic mass is 32.2. The first kappa shape index (κ1) is 21.8. The minimum absolute atomic E-state index is 0.205. The van der Waals surface area contributed by atoms with Crippen LogP contribution in [0.4, 0.5) is 14.5 Å². The molecule has 2 aromatic carbocycles. The zero-order chi connectivity index (χ0) is 21.9. The van der Waals surface area contributed by atoms with Gasteiger partial charge in [0.1, 0.15) is 0 Å². The molecule has 7 nitrogen and oxygen atoms in total. The second-order valence-electron chi connectivity index (χ2n) is 6.62. The van der Waals surface area contributed by atoms with E-state index in [4.69, 9.17) is 9.47 Å². The topological polar surface area (TPSA) is 76.2 Å². The van der Waals surface area contributed by atoms with Crippen LogP contribution in [-0.4, -0.2) is 65.4 Å². The fourth-order valence-electron chi connectivity index (χ4n) is 3.36. The van der Waals surface area contributed by atoms with E-state index < -0.39 is 20.5 Å². The monoisotopic (exact) mass is 440 g/mol. The lowest BCUT2D eigenvalue weighted by molar-refractivity contribution is 0.0746. The van der Waals surface area contributed by atoms with Crippen LogP contribution in [0.5, 0.6) is 11.5 Å². The average Bonchev–Trinajstić information content (AvgIpc) is 2.78. The molecule has 0 unspecified atom stereocenters. The first-order valence-corrected chi connectivity index (χ1v) is 10.7. The van der Waals surface area contributed by atoms with Crippen molar-refractivity contribution < 1.29 is 31.5 Å². The van der Waals surface area contributed by atoms with Crippen LogP contribution in [0.2, 0.25) is 0 Å². The molecule has 0 radical (unpaired) electrons. The van der Waals surface area contributed by atoms with E-state index in [0.29, 0.717) is 43.2 Å². The van der Waals surface area contributed by atoms with E-state index in [1.807, 2.05) is 0 Å². The normalized spacial score (nSPS) is 14.7. The summed E-state index contributed by atoms with van der Waals surface area (Å²) in [5.74, 6) is -2.75. The first-order chi connectivity index (χ1) is 14.3. The number of benzene rings is 2. The van der Waals surface area contributed by atoms with Gasteiger partial charge in [0.25, 0.3) is 5.91 Å². The van der Waals surface area contributed by atoms with Gasteiger partial charge in [-0.3, -0.25) is 4.79 Å². The average molecular weight is 440 g/mol. The highest BCUT2D eigenvalue weighted by molar-refractivity contribution is 7.91. The van der Waals surface area contributed by atoms with Crippen molar-refractivity contribution >= 4 is 21.4 Å². The fourth-order valence-corrected chi connectivity index (χ4v) is 4.31. The van der Waals surface area contributed by atoms with Crippen LogP contribution in [0.25, 0.3) is 0 Å². The number of hydrogen-bond donors (Lipinski definition) is 0. The van der Waals surface area contributed by atoms with Crippen LogP contribution in [0.3, 0.4) is 0 Å². The predicted molar refractivity (Wildman–Crippen MR) is 107 cm³/mol. The zero-order valence-corrected chi connectivity index (χ0v) is 17.4. The molecule has 30 heavy (non-hydrogen) atoms. The van der Waals surface area contributed by atoms with E-state index >= 15 is 0 Å². The molecule has 0 spiro atoms. The number of nitrogens with zero attached hydrogens (tertiary/aromatic N) is 2. The van der Waals surface area contributed by atoms with E-state index in [2.05, 4.69) is 0 Å². The molecular formula is C20H22F2N2O5S. The molecule has 10 heteroatoms. The molecule has 3 rings (SSSR count). The Morgan fingerprint density at radius 3 is 2.20 bits per heavy atom. The van der Waals surface area contributed by atoms with Crippen molar-refractivity contribution in [3.63, 3.8) is 0 Å². The number of rotatable bonds is 6. The van der Waals surface area contributed by atoms with Crippen LogP contribution < -0.4 is 14.4 Å². The van der Waals surface area contributed by atoms with Gasteiger partial charge in [0.05, 0.1) is 24.8 Å².